The third-order valence-electron chi connectivity index (χ3n) is 5.78. The summed E-state index contributed by atoms with van der Waals surface area (Å²) in [7, 11) is 0. The molecular formula is C21H30FN3O3. The van der Waals surface area contributed by atoms with E-state index >= 15 is 0 Å². The third kappa shape index (κ3) is 3.69. The first-order valence-corrected chi connectivity index (χ1v) is 10.0. The van der Waals surface area contributed by atoms with Crippen LogP contribution in [0.1, 0.15) is 52.3 Å². The number of aromatic nitrogens is 1. The van der Waals surface area contributed by atoms with Gasteiger partial charge in [0.05, 0.1) is 17.9 Å². The van der Waals surface area contributed by atoms with Crippen LogP contribution in [0.25, 0.3) is 0 Å². The van der Waals surface area contributed by atoms with Crippen molar-refractivity contribution in [3.05, 3.63) is 23.1 Å². The average molecular weight is 391 g/mol. The maximum Gasteiger partial charge on any atom is 0.410 e. The van der Waals surface area contributed by atoms with Crippen molar-refractivity contribution in [2.24, 2.45) is 5.41 Å². The van der Waals surface area contributed by atoms with Gasteiger partial charge in [0, 0.05) is 43.6 Å². The molecule has 1 aromatic heterocycles. The molecule has 0 N–H and O–H groups in total. The highest BCUT2D eigenvalue weighted by Crippen LogP contribution is 2.42. The summed E-state index contributed by atoms with van der Waals surface area (Å²) < 4.78 is 26.0. The average Bonchev–Trinajstić information content (AvgIpc) is 2.96. The van der Waals surface area contributed by atoms with Gasteiger partial charge in [-0.25, -0.2) is 14.2 Å². The van der Waals surface area contributed by atoms with Crippen molar-refractivity contribution in [1.29, 1.82) is 0 Å². The fourth-order valence-corrected chi connectivity index (χ4v) is 4.37. The van der Waals surface area contributed by atoms with E-state index in [4.69, 9.17) is 9.47 Å². The summed E-state index contributed by atoms with van der Waals surface area (Å²) in [6.07, 6.45) is 1.34. The fraction of sp³-hybridized carbons (Fsp3) is 0.714. The summed E-state index contributed by atoms with van der Waals surface area (Å²) >= 11 is 0. The van der Waals surface area contributed by atoms with Gasteiger partial charge in [0.2, 0.25) is 0 Å². The van der Waals surface area contributed by atoms with Crippen molar-refractivity contribution in [2.75, 3.05) is 31.1 Å². The van der Waals surface area contributed by atoms with E-state index in [9.17, 15) is 9.18 Å². The summed E-state index contributed by atoms with van der Waals surface area (Å²) in [5, 5.41) is 0. The minimum absolute atomic E-state index is 0.0172. The normalized spacial score (nSPS) is 22.8. The molecule has 3 aliphatic rings. The van der Waals surface area contributed by atoms with Gasteiger partial charge in [-0.05, 0) is 47.1 Å². The van der Waals surface area contributed by atoms with Crippen molar-refractivity contribution < 1.29 is 18.7 Å². The molecule has 0 atom stereocenters. The number of anilines is 1. The lowest BCUT2D eigenvalue weighted by molar-refractivity contribution is -0.0414. The molecule has 1 amide bonds. The largest absolute Gasteiger partial charge is 0.444 e. The maximum atomic E-state index is 14.7. The highest BCUT2D eigenvalue weighted by atomic mass is 19.1. The Morgan fingerprint density at radius 3 is 2.68 bits per heavy atom. The first-order valence-electron chi connectivity index (χ1n) is 10.0. The van der Waals surface area contributed by atoms with Gasteiger partial charge in [-0.15, -0.1) is 0 Å². The second-order valence-electron chi connectivity index (χ2n) is 10.1. The second kappa shape index (κ2) is 6.31. The van der Waals surface area contributed by atoms with Gasteiger partial charge in [-0.3, -0.25) is 0 Å². The van der Waals surface area contributed by atoms with Crippen LogP contribution in [0.15, 0.2) is 6.07 Å². The number of amides is 1. The zero-order chi connectivity index (χ0) is 20.3. The minimum Gasteiger partial charge on any atom is -0.444 e. The van der Waals surface area contributed by atoms with Gasteiger partial charge in [-0.1, -0.05) is 0 Å². The smallest absolute Gasteiger partial charge is 0.410 e. The Morgan fingerprint density at radius 1 is 1.29 bits per heavy atom. The van der Waals surface area contributed by atoms with E-state index in [-0.39, 0.29) is 22.9 Å². The maximum absolute atomic E-state index is 14.7. The zero-order valence-corrected chi connectivity index (χ0v) is 17.5. The van der Waals surface area contributed by atoms with Gasteiger partial charge >= 0.3 is 6.09 Å². The molecule has 0 bridgehead atoms. The van der Waals surface area contributed by atoms with Crippen LogP contribution in [-0.2, 0) is 22.5 Å². The Labute approximate surface area is 166 Å². The first kappa shape index (κ1) is 19.4. The third-order valence-corrected chi connectivity index (χ3v) is 5.78. The summed E-state index contributed by atoms with van der Waals surface area (Å²) in [5.41, 5.74) is 1.02. The Kier molecular flexibility index (Phi) is 4.38. The van der Waals surface area contributed by atoms with Gasteiger partial charge in [-0.2, -0.15) is 0 Å². The van der Waals surface area contributed by atoms with Crippen LogP contribution in [0.4, 0.5) is 15.0 Å². The van der Waals surface area contributed by atoms with E-state index in [0.29, 0.717) is 31.9 Å². The van der Waals surface area contributed by atoms with Crippen molar-refractivity contribution in [1.82, 2.24) is 9.88 Å². The zero-order valence-electron chi connectivity index (χ0n) is 17.5. The number of nitrogens with zero attached hydrogens (tertiary/aromatic N) is 3. The Bertz CT molecular complexity index is 797. The van der Waals surface area contributed by atoms with Crippen LogP contribution < -0.4 is 4.90 Å². The Morgan fingerprint density at radius 2 is 2.00 bits per heavy atom. The van der Waals surface area contributed by atoms with Crippen molar-refractivity contribution in [2.45, 2.75) is 65.3 Å². The topological polar surface area (TPSA) is 54.9 Å². The molecule has 28 heavy (non-hydrogen) atoms. The molecule has 0 aliphatic carbocycles. The van der Waals surface area contributed by atoms with E-state index in [2.05, 4.69) is 4.98 Å². The molecule has 154 valence electrons. The molecule has 6 nitrogen and oxygen atoms in total. The summed E-state index contributed by atoms with van der Waals surface area (Å²) in [5.74, 6) is 0.145. The number of hydrogen-bond acceptors (Lipinski definition) is 5. The predicted octanol–water partition coefficient (Wildman–Crippen LogP) is 3.52. The molecule has 4 rings (SSSR count). The van der Waals surface area contributed by atoms with Gasteiger partial charge in [0.25, 0.3) is 0 Å². The highest BCUT2D eigenvalue weighted by molar-refractivity contribution is 5.69. The summed E-state index contributed by atoms with van der Waals surface area (Å²) in [6.45, 7) is 12.9. The number of carbonyl (C=O) groups excluding carboxylic acids is 1. The lowest BCUT2D eigenvalue weighted by Crippen LogP contribution is -2.60. The van der Waals surface area contributed by atoms with Crippen LogP contribution >= 0.6 is 0 Å². The second-order valence-corrected chi connectivity index (χ2v) is 10.1. The van der Waals surface area contributed by atoms with Crippen LogP contribution in [0.5, 0.6) is 0 Å². The number of hydrogen-bond donors (Lipinski definition) is 0. The van der Waals surface area contributed by atoms with E-state index in [1.807, 2.05) is 39.5 Å². The first-order chi connectivity index (χ1) is 13.0. The van der Waals surface area contributed by atoms with Crippen molar-refractivity contribution >= 4 is 11.9 Å². The van der Waals surface area contributed by atoms with Crippen LogP contribution in [0.3, 0.4) is 0 Å². The molecule has 0 radical (unpaired) electrons. The number of halogens is 1. The summed E-state index contributed by atoms with van der Waals surface area (Å²) in [4.78, 5) is 20.7. The van der Waals surface area contributed by atoms with Crippen molar-refractivity contribution in [3.63, 3.8) is 0 Å². The van der Waals surface area contributed by atoms with Crippen molar-refractivity contribution in [3.8, 4) is 0 Å². The highest BCUT2D eigenvalue weighted by Gasteiger charge is 2.51. The Hall–Kier alpha value is -1.89. The lowest BCUT2D eigenvalue weighted by Gasteiger charge is -2.47. The van der Waals surface area contributed by atoms with Crippen LogP contribution in [0, 0.1) is 11.2 Å². The van der Waals surface area contributed by atoms with Gasteiger partial charge < -0.3 is 19.3 Å². The number of ether oxygens (including phenoxy) is 2. The molecule has 1 aromatic rings. The van der Waals surface area contributed by atoms with E-state index < -0.39 is 5.60 Å². The molecule has 7 heteroatoms. The molecule has 0 unspecified atom stereocenters. The molecular weight excluding hydrogens is 361 g/mol. The van der Waals surface area contributed by atoms with E-state index in [0.717, 1.165) is 30.8 Å². The number of pyridine rings is 1. The number of rotatable bonds is 1. The van der Waals surface area contributed by atoms with E-state index in [1.54, 1.807) is 11.0 Å². The number of fused-ring (bicyclic) bond motifs is 1. The Balaban J connectivity index is 1.44. The fourth-order valence-electron chi connectivity index (χ4n) is 4.37. The molecule has 2 saturated heterocycles. The molecule has 0 saturated carbocycles. The molecule has 3 aliphatic heterocycles. The van der Waals surface area contributed by atoms with Crippen LogP contribution in [-0.4, -0.2) is 53.4 Å². The lowest BCUT2D eigenvalue weighted by atomic mass is 9.79. The monoisotopic (exact) mass is 391 g/mol. The summed E-state index contributed by atoms with van der Waals surface area (Å²) in [6, 6.07) is 1.58. The molecule has 4 heterocycles. The number of likely N-dealkylation sites (tertiary alicyclic amines) is 1. The molecule has 1 spiro atoms. The van der Waals surface area contributed by atoms with Crippen LogP contribution in [0.2, 0.25) is 0 Å². The quantitative estimate of drug-likeness (QED) is 0.733. The van der Waals surface area contributed by atoms with Gasteiger partial charge in [0.1, 0.15) is 5.60 Å². The van der Waals surface area contributed by atoms with E-state index in [1.165, 1.54) is 0 Å². The predicted molar refractivity (Wildman–Crippen MR) is 104 cm³/mol. The molecule has 2 fully saturated rings. The minimum atomic E-state index is -0.491. The molecule has 0 aromatic carbocycles. The number of carbonyl (C=O) groups is 1. The van der Waals surface area contributed by atoms with Gasteiger partial charge in [0.15, 0.2) is 11.6 Å². The SMILES string of the molecule is CC(C)(C)OC(=O)N1CC2(CCN(c3nc4c(cc3F)COC(C)(C)C4)C2)C1. The standard InChI is InChI=1S/C21H30FN3O3/c1-19(2,3)28-18(26)25-12-21(13-25)6-7-24(11-21)17-15(22)8-14-10-27-20(4,5)9-16(14)23-17/h8H,6-7,9-13H2,1-5H3.